The lowest BCUT2D eigenvalue weighted by Crippen LogP contribution is -2.52. The number of hydrogen-bond acceptors (Lipinski definition) is 6. The van der Waals surface area contributed by atoms with Crippen molar-refractivity contribution < 1.29 is 14.3 Å². The van der Waals surface area contributed by atoms with Gasteiger partial charge in [0.2, 0.25) is 5.91 Å². The number of rotatable bonds is 5. The first-order valence-corrected chi connectivity index (χ1v) is 11.8. The Balaban J connectivity index is 1.23. The van der Waals surface area contributed by atoms with Gasteiger partial charge in [-0.15, -0.1) is 11.3 Å². The van der Waals surface area contributed by atoms with Crippen LogP contribution in [0.3, 0.4) is 0 Å². The van der Waals surface area contributed by atoms with Crippen LogP contribution in [0.15, 0.2) is 29.6 Å². The number of nitrogens with zero attached hydrogens (tertiary/aromatic N) is 4. The van der Waals surface area contributed by atoms with Crippen molar-refractivity contribution in [3.05, 3.63) is 45.9 Å². The Bertz CT molecular complexity index is 898. The first-order chi connectivity index (χ1) is 15.0. The zero-order valence-corrected chi connectivity index (χ0v) is 19.1. The average molecular weight is 443 g/mol. The third-order valence-corrected chi connectivity index (χ3v) is 7.03. The van der Waals surface area contributed by atoms with E-state index in [2.05, 4.69) is 15.3 Å². The first kappa shape index (κ1) is 21.8. The van der Waals surface area contributed by atoms with Gasteiger partial charge in [0.1, 0.15) is 5.75 Å². The molecule has 0 atom stereocenters. The van der Waals surface area contributed by atoms with Crippen LogP contribution in [0.25, 0.3) is 0 Å². The van der Waals surface area contributed by atoms with Gasteiger partial charge in [0, 0.05) is 49.6 Å². The summed E-state index contributed by atoms with van der Waals surface area (Å²) in [4.78, 5) is 36.5. The van der Waals surface area contributed by atoms with E-state index < -0.39 is 0 Å². The van der Waals surface area contributed by atoms with Crippen molar-refractivity contribution in [3.63, 3.8) is 0 Å². The van der Waals surface area contributed by atoms with E-state index in [-0.39, 0.29) is 17.7 Å². The lowest BCUT2D eigenvalue weighted by atomic mass is 9.95. The number of amides is 2. The zero-order chi connectivity index (χ0) is 21.8. The molecule has 7 nitrogen and oxygen atoms in total. The van der Waals surface area contributed by atoms with Gasteiger partial charge < -0.3 is 14.5 Å². The molecule has 1 aromatic carbocycles. The van der Waals surface area contributed by atoms with Gasteiger partial charge >= 0.3 is 0 Å². The third kappa shape index (κ3) is 5.25. The molecule has 2 aliphatic heterocycles. The SMILES string of the molecule is COc1ccc(C(=O)N2CCN(C(=O)C3CCN(Cc4csc(C)n4)CC3)CC2)cc1. The predicted molar refractivity (Wildman–Crippen MR) is 120 cm³/mol. The quantitative estimate of drug-likeness (QED) is 0.712. The highest BCUT2D eigenvalue weighted by atomic mass is 32.1. The monoisotopic (exact) mass is 442 g/mol. The number of piperazine rings is 1. The molecule has 0 radical (unpaired) electrons. The molecule has 8 heteroatoms. The fraction of sp³-hybridized carbons (Fsp3) is 0.522. The second-order valence-electron chi connectivity index (χ2n) is 8.25. The lowest BCUT2D eigenvalue weighted by Gasteiger charge is -2.38. The number of methoxy groups -OCH3 is 1. The molecule has 0 bridgehead atoms. The molecule has 0 aliphatic carbocycles. The standard InChI is InChI=1S/C23H30N4O3S/c1-17-24-20(16-31-17)15-25-9-7-19(8-10-25)23(29)27-13-11-26(12-14-27)22(28)18-3-5-21(30-2)6-4-18/h3-6,16,19H,7-15H2,1-2H3. The summed E-state index contributed by atoms with van der Waals surface area (Å²) in [6.07, 6.45) is 1.79. The van der Waals surface area contributed by atoms with Crippen LogP contribution in [0.1, 0.15) is 33.9 Å². The molecule has 31 heavy (non-hydrogen) atoms. The van der Waals surface area contributed by atoms with Gasteiger partial charge in [0.25, 0.3) is 5.91 Å². The summed E-state index contributed by atoms with van der Waals surface area (Å²) in [5, 5.41) is 3.23. The van der Waals surface area contributed by atoms with Crippen LogP contribution in [0.2, 0.25) is 0 Å². The van der Waals surface area contributed by atoms with Gasteiger partial charge in [-0.05, 0) is 57.1 Å². The van der Waals surface area contributed by atoms with Crippen LogP contribution in [0, 0.1) is 12.8 Å². The number of benzene rings is 1. The van der Waals surface area contributed by atoms with Gasteiger partial charge in [-0.25, -0.2) is 4.98 Å². The van der Waals surface area contributed by atoms with Crippen LogP contribution in [-0.4, -0.2) is 77.9 Å². The fourth-order valence-electron chi connectivity index (χ4n) is 4.35. The number of aryl methyl sites for hydroxylation is 1. The van der Waals surface area contributed by atoms with Crippen LogP contribution in [-0.2, 0) is 11.3 Å². The highest BCUT2D eigenvalue weighted by molar-refractivity contribution is 7.09. The summed E-state index contributed by atoms with van der Waals surface area (Å²) >= 11 is 1.69. The summed E-state index contributed by atoms with van der Waals surface area (Å²) in [5.74, 6) is 1.10. The smallest absolute Gasteiger partial charge is 0.253 e. The van der Waals surface area contributed by atoms with E-state index in [4.69, 9.17) is 4.74 Å². The minimum absolute atomic E-state index is 0.0142. The molecule has 4 rings (SSSR count). The molecule has 0 unspecified atom stereocenters. The van der Waals surface area contributed by atoms with Gasteiger partial charge in [0.15, 0.2) is 0 Å². The number of ether oxygens (including phenoxy) is 1. The molecule has 2 aliphatic rings. The Morgan fingerprint density at radius 1 is 1.03 bits per heavy atom. The molecule has 0 N–H and O–H groups in total. The molecule has 3 heterocycles. The fourth-order valence-corrected chi connectivity index (χ4v) is 4.96. The van der Waals surface area contributed by atoms with Gasteiger partial charge in [-0.1, -0.05) is 0 Å². The van der Waals surface area contributed by atoms with E-state index >= 15 is 0 Å². The van der Waals surface area contributed by atoms with Gasteiger partial charge in [-0.3, -0.25) is 14.5 Å². The topological polar surface area (TPSA) is 66.0 Å². The molecule has 2 saturated heterocycles. The van der Waals surface area contributed by atoms with Gasteiger partial charge in [0.05, 0.1) is 17.8 Å². The number of carbonyl (C=O) groups excluding carboxylic acids is 2. The van der Waals surface area contributed by atoms with E-state index in [1.54, 1.807) is 42.7 Å². The second kappa shape index (κ2) is 9.78. The largest absolute Gasteiger partial charge is 0.497 e. The van der Waals surface area contributed by atoms with Crippen molar-refractivity contribution in [1.82, 2.24) is 19.7 Å². The van der Waals surface area contributed by atoms with Crippen molar-refractivity contribution in [1.29, 1.82) is 0 Å². The van der Waals surface area contributed by atoms with Crippen LogP contribution >= 0.6 is 11.3 Å². The van der Waals surface area contributed by atoms with E-state index in [1.165, 1.54) is 0 Å². The minimum atomic E-state index is 0.0142. The highest BCUT2D eigenvalue weighted by Crippen LogP contribution is 2.23. The number of aromatic nitrogens is 1. The predicted octanol–water partition coefficient (Wildman–Crippen LogP) is 2.66. The Morgan fingerprint density at radius 2 is 1.68 bits per heavy atom. The number of hydrogen-bond donors (Lipinski definition) is 0. The minimum Gasteiger partial charge on any atom is -0.497 e. The summed E-state index contributed by atoms with van der Waals surface area (Å²) in [6.45, 7) is 7.15. The third-order valence-electron chi connectivity index (χ3n) is 6.20. The number of carbonyl (C=O) groups is 2. The Kier molecular flexibility index (Phi) is 6.87. The molecular formula is C23H30N4O3S. The highest BCUT2D eigenvalue weighted by Gasteiger charge is 2.31. The molecular weight excluding hydrogens is 412 g/mol. The number of likely N-dealkylation sites (tertiary alicyclic amines) is 1. The van der Waals surface area contributed by atoms with Crippen LogP contribution in [0.5, 0.6) is 5.75 Å². The summed E-state index contributed by atoms with van der Waals surface area (Å²) in [6, 6.07) is 7.18. The average Bonchev–Trinajstić information content (AvgIpc) is 3.23. The first-order valence-electron chi connectivity index (χ1n) is 10.9. The number of thiazole rings is 1. The summed E-state index contributed by atoms with van der Waals surface area (Å²) in [5.41, 5.74) is 1.79. The summed E-state index contributed by atoms with van der Waals surface area (Å²) < 4.78 is 5.15. The molecule has 166 valence electrons. The summed E-state index contributed by atoms with van der Waals surface area (Å²) in [7, 11) is 1.61. The van der Waals surface area contributed by atoms with E-state index in [0.717, 1.165) is 48.9 Å². The zero-order valence-electron chi connectivity index (χ0n) is 18.2. The molecule has 1 aromatic heterocycles. The second-order valence-corrected chi connectivity index (χ2v) is 9.32. The number of piperidine rings is 1. The van der Waals surface area contributed by atoms with Crippen LogP contribution in [0.4, 0.5) is 0 Å². The van der Waals surface area contributed by atoms with Gasteiger partial charge in [-0.2, -0.15) is 0 Å². The van der Waals surface area contributed by atoms with E-state index in [0.29, 0.717) is 31.7 Å². The maximum Gasteiger partial charge on any atom is 0.253 e. The lowest BCUT2D eigenvalue weighted by molar-refractivity contribution is -0.138. The molecule has 0 spiro atoms. The van der Waals surface area contributed by atoms with E-state index in [1.807, 2.05) is 16.7 Å². The Labute approximate surface area is 187 Å². The van der Waals surface area contributed by atoms with Crippen molar-refractivity contribution in [2.75, 3.05) is 46.4 Å². The van der Waals surface area contributed by atoms with Crippen molar-refractivity contribution >= 4 is 23.2 Å². The molecule has 2 amide bonds. The molecule has 2 fully saturated rings. The van der Waals surface area contributed by atoms with Crippen molar-refractivity contribution in [3.8, 4) is 5.75 Å². The Morgan fingerprint density at radius 3 is 2.26 bits per heavy atom. The molecule has 0 saturated carbocycles. The maximum atomic E-state index is 13.0. The van der Waals surface area contributed by atoms with Crippen molar-refractivity contribution in [2.45, 2.75) is 26.3 Å². The molecule has 2 aromatic rings. The van der Waals surface area contributed by atoms with Crippen LogP contribution < -0.4 is 4.74 Å². The normalized spacial score (nSPS) is 18.3. The van der Waals surface area contributed by atoms with Crippen molar-refractivity contribution in [2.24, 2.45) is 5.92 Å². The Hall–Kier alpha value is -2.45. The van der Waals surface area contributed by atoms with E-state index in [9.17, 15) is 9.59 Å². The maximum absolute atomic E-state index is 13.0.